The van der Waals surface area contributed by atoms with Gasteiger partial charge < -0.3 is 9.47 Å². The monoisotopic (exact) mass is 192 g/mol. The molecule has 0 radical (unpaired) electrons. The van der Waals surface area contributed by atoms with E-state index in [9.17, 15) is 0 Å². The molecular formula is C9H20O2S. The van der Waals surface area contributed by atoms with E-state index in [0.717, 1.165) is 25.9 Å². The first-order chi connectivity index (χ1) is 5.70. The van der Waals surface area contributed by atoms with Gasteiger partial charge in [-0.1, -0.05) is 20.3 Å². The van der Waals surface area contributed by atoms with Crippen LogP contribution in [0, 0.1) is 0 Å². The fourth-order valence-corrected chi connectivity index (χ4v) is 0.922. The van der Waals surface area contributed by atoms with Crippen molar-refractivity contribution in [1.29, 1.82) is 0 Å². The average molecular weight is 192 g/mol. The maximum atomic E-state index is 5.39. The number of hydrogen-bond acceptors (Lipinski definition) is 3. The van der Waals surface area contributed by atoms with E-state index in [1.54, 1.807) is 0 Å². The third-order valence-corrected chi connectivity index (χ3v) is 2.04. The quantitative estimate of drug-likeness (QED) is 0.380. The molecule has 3 heteroatoms. The molecule has 0 N–H and O–H groups in total. The van der Waals surface area contributed by atoms with E-state index in [0.29, 0.717) is 0 Å². The van der Waals surface area contributed by atoms with Gasteiger partial charge in [0.25, 0.3) is 0 Å². The van der Waals surface area contributed by atoms with Gasteiger partial charge in [0.2, 0.25) is 0 Å². The number of hydrogen-bond donors (Lipinski definition) is 1. The summed E-state index contributed by atoms with van der Waals surface area (Å²) in [6, 6.07) is 0. The average Bonchev–Trinajstić information content (AvgIpc) is 2.05. The summed E-state index contributed by atoms with van der Waals surface area (Å²) < 4.78 is 10.8. The van der Waals surface area contributed by atoms with E-state index in [4.69, 9.17) is 9.47 Å². The molecule has 0 saturated heterocycles. The van der Waals surface area contributed by atoms with Gasteiger partial charge in [-0.3, -0.25) is 0 Å². The van der Waals surface area contributed by atoms with Crippen LogP contribution >= 0.6 is 12.6 Å². The van der Waals surface area contributed by atoms with Crippen molar-refractivity contribution in [2.75, 3.05) is 6.61 Å². The Labute approximate surface area is 81.0 Å². The summed E-state index contributed by atoms with van der Waals surface area (Å²) in [6.07, 6.45) is 3.03. The summed E-state index contributed by atoms with van der Waals surface area (Å²) in [4.78, 5) is 0. The molecule has 0 aromatic carbocycles. The highest BCUT2D eigenvalue weighted by molar-refractivity contribution is 7.80. The van der Waals surface area contributed by atoms with Gasteiger partial charge in [-0.05, 0) is 19.8 Å². The Morgan fingerprint density at radius 3 is 2.50 bits per heavy atom. The lowest BCUT2D eigenvalue weighted by Gasteiger charge is -2.17. The number of thiol groups is 1. The Morgan fingerprint density at radius 1 is 1.33 bits per heavy atom. The van der Waals surface area contributed by atoms with Crippen LogP contribution in [-0.4, -0.2) is 18.3 Å². The fraction of sp³-hybridized carbons (Fsp3) is 1.00. The van der Waals surface area contributed by atoms with E-state index >= 15 is 0 Å². The highest BCUT2D eigenvalue weighted by Crippen LogP contribution is 2.07. The van der Waals surface area contributed by atoms with Crippen LogP contribution in [0.15, 0.2) is 0 Å². The van der Waals surface area contributed by atoms with Crippen LogP contribution in [0.3, 0.4) is 0 Å². The van der Waals surface area contributed by atoms with Gasteiger partial charge >= 0.3 is 0 Å². The second-order valence-electron chi connectivity index (χ2n) is 2.79. The number of ether oxygens (including phenoxy) is 2. The van der Waals surface area contributed by atoms with Gasteiger partial charge in [-0.2, -0.15) is 0 Å². The smallest absolute Gasteiger partial charge is 0.156 e. The molecule has 2 unspecified atom stereocenters. The maximum Gasteiger partial charge on any atom is 0.156 e. The van der Waals surface area contributed by atoms with E-state index < -0.39 is 0 Å². The summed E-state index contributed by atoms with van der Waals surface area (Å²) >= 11 is 4.21. The zero-order valence-corrected chi connectivity index (χ0v) is 9.14. The van der Waals surface area contributed by atoms with E-state index in [-0.39, 0.29) is 11.7 Å². The van der Waals surface area contributed by atoms with Gasteiger partial charge in [0, 0.05) is 6.61 Å². The third kappa shape index (κ3) is 6.95. The maximum absolute atomic E-state index is 5.39. The SMILES string of the molecule is CCCCOC(C)OC(S)CC. The molecule has 0 aromatic heterocycles. The van der Waals surface area contributed by atoms with Crippen molar-refractivity contribution in [2.45, 2.75) is 51.8 Å². The molecular weight excluding hydrogens is 172 g/mol. The van der Waals surface area contributed by atoms with Crippen molar-refractivity contribution in [3.63, 3.8) is 0 Å². The molecule has 74 valence electrons. The van der Waals surface area contributed by atoms with Crippen LogP contribution in [0.1, 0.15) is 40.0 Å². The molecule has 2 atom stereocenters. The first kappa shape index (κ1) is 12.3. The Balaban J connectivity index is 3.26. The van der Waals surface area contributed by atoms with Crippen molar-refractivity contribution in [2.24, 2.45) is 0 Å². The molecule has 0 aliphatic rings. The summed E-state index contributed by atoms with van der Waals surface area (Å²) in [7, 11) is 0. The highest BCUT2D eigenvalue weighted by Gasteiger charge is 2.06. The zero-order valence-electron chi connectivity index (χ0n) is 8.25. The van der Waals surface area contributed by atoms with E-state index in [1.165, 1.54) is 0 Å². The molecule has 0 rings (SSSR count). The van der Waals surface area contributed by atoms with Crippen LogP contribution in [0.25, 0.3) is 0 Å². The molecule has 0 aromatic rings. The third-order valence-electron chi connectivity index (χ3n) is 1.55. The standard InChI is InChI=1S/C9H20O2S/c1-4-6-7-10-8(3)11-9(12)5-2/h8-9,12H,4-7H2,1-3H3. The Morgan fingerprint density at radius 2 is 2.00 bits per heavy atom. The van der Waals surface area contributed by atoms with Crippen LogP contribution in [-0.2, 0) is 9.47 Å². The first-order valence-corrected chi connectivity index (χ1v) is 5.17. The Kier molecular flexibility index (Phi) is 8.07. The van der Waals surface area contributed by atoms with Gasteiger partial charge in [0.05, 0.1) is 0 Å². The number of rotatable bonds is 7. The number of unbranched alkanes of at least 4 members (excludes halogenated alkanes) is 1. The van der Waals surface area contributed by atoms with Crippen LogP contribution in [0.2, 0.25) is 0 Å². The molecule has 0 amide bonds. The molecule has 0 bridgehead atoms. The van der Waals surface area contributed by atoms with Gasteiger partial charge in [-0.25, -0.2) is 0 Å². The summed E-state index contributed by atoms with van der Waals surface area (Å²) in [6.45, 7) is 6.87. The lowest BCUT2D eigenvalue weighted by atomic mass is 10.4. The topological polar surface area (TPSA) is 18.5 Å². The van der Waals surface area contributed by atoms with Gasteiger partial charge in [0.1, 0.15) is 5.44 Å². The van der Waals surface area contributed by atoms with Crippen molar-refractivity contribution in [1.82, 2.24) is 0 Å². The molecule has 12 heavy (non-hydrogen) atoms. The molecule has 2 nitrogen and oxygen atoms in total. The molecule has 0 aliphatic heterocycles. The van der Waals surface area contributed by atoms with Gasteiger partial charge in [0.15, 0.2) is 6.29 Å². The van der Waals surface area contributed by atoms with Crippen molar-refractivity contribution >= 4 is 12.6 Å². The van der Waals surface area contributed by atoms with Crippen LogP contribution in [0.5, 0.6) is 0 Å². The second-order valence-corrected chi connectivity index (χ2v) is 3.37. The van der Waals surface area contributed by atoms with E-state index in [2.05, 4.69) is 19.6 Å². The largest absolute Gasteiger partial charge is 0.353 e. The predicted molar refractivity (Wildman–Crippen MR) is 54.5 cm³/mol. The normalized spacial score (nSPS) is 16.0. The highest BCUT2D eigenvalue weighted by atomic mass is 32.1. The summed E-state index contributed by atoms with van der Waals surface area (Å²) in [5.74, 6) is 0. The molecule has 0 fully saturated rings. The Hall–Kier alpha value is 0.270. The van der Waals surface area contributed by atoms with E-state index in [1.807, 2.05) is 13.8 Å². The zero-order chi connectivity index (χ0) is 9.40. The van der Waals surface area contributed by atoms with Crippen molar-refractivity contribution in [3.8, 4) is 0 Å². The van der Waals surface area contributed by atoms with Crippen molar-refractivity contribution in [3.05, 3.63) is 0 Å². The fourth-order valence-electron chi connectivity index (χ4n) is 0.750. The first-order valence-electron chi connectivity index (χ1n) is 4.65. The molecule has 0 spiro atoms. The predicted octanol–water partition coefficient (Wildman–Crippen LogP) is 2.83. The molecule has 0 heterocycles. The van der Waals surface area contributed by atoms with Crippen LogP contribution in [0.4, 0.5) is 0 Å². The summed E-state index contributed by atoms with van der Waals surface area (Å²) in [5.41, 5.74) is 0.00151. The lowest BCUT2D eigenvalue weighted by Crippen LogP contribution is -2.18. The Bertz CT molecular complexity index is 98.5. The van der Waals surface area contributed by atoms with Crippen molar-refractivity contribution < 1.29 is 9.47 Å². The second kappa shape index (κ2) is 7.90. The molecule has 0 saturated carbocycles. The lowest BCUT2D eigenvalue weighted by molar-refractivity contribution is -0.139. The van der Waals surface area contributed by atoms with Gasteiger partial charge in [-0.15, -0.1) is 12.6 Å². The summed E-state index contributed by atoms with van der Waals surface area (Å²) in [5, 5.41) is 0. The minimum Gasteiger partial charge on any atom is -0.353 e. The van der Waals surface area contributed by atoms with Crippen LogP contribution < -0.4 is 0 Å². The minimum absolute atomic E-state index is 0.00151. The minimum atomic E-state index is -0.126. The molecule has 0 aliphatic carbocycles.